The molecule has 1 amide bonds. The molecule has 1 aromatic carbocycles. The van der Waals surface area contributed by atoms with E-state index in [-0.39, 0.29) is 12.5 Å². The van der Waals surface area contributed by atoms with Crippen LogP contribution in [0.15, 0.2) is 24.3 Å². The van der Waals surface area contributed by atoms with Crippen LogP contribution >= 0.6 is 0 Å². The Bertz CT molecular complexity index is 499. The predicted octanol–water partition coefficient (Wildman–Crippen LogP) is 1.87. The molecule has 1 unspecified atom stereocenters. The molecule has 1 aliphatic rings. The molecular formula is C18H29N3O2. The van der Waals surface area contributed by atoms with Crippen LogP contribution in [0, 0.1) is 5.92 Å². The van der Waals surface area contributed by atoms with Crippen molar-refractivity contribution in [3.8, 4) is 0 Å². The molecule has 5 nitrogen and oxygen atoms in total. The molecule has 1 aromatic rings. The Labute approximate surface area is 139 Å². The number of likely N-dealkylation sites (tertiary alicyclic amines) is 1. The van der Waals surface area contributed by atoms with Crippen LogP contribution in [-0.4, -0.2) is 50.2 Å². The van der Waals surface area contributed by atoms with Crippen LogP contribution in [-0.2, 0) is 16.0 Å². The summed E-state index contributed by atoms with van der Waals surface area (Å²) < 4.78 is 4.91. The molecule has 5 heteroatoms. The fraction of sp³-hybridized carbons (Fsp3) is 0.611. The largest absolute Gasteiger partial charge is 0.383 e. The molecular weight excluding hydrogens is 290 g/mol. The molecule has 2 rings (SSSR count). The van der Waals surface area contributed by atoms with Gasteiger partial charge in [0.05, 0.1) is 6.61 Å². The van der Waals surface area contributed by atoms with Gasteiger partial charge in [-0.25, -0.2) is 0 Å². The van der Waals surface area contributed by atoms with Crippen LogP contribution in [0.3, 0.4) is 0 Å². The fourth-order valence-electron chi connectivity index (χ4n) is 2.87. The second-order valence-corrected chi connectivity index (χ2v) is 6.53. The third-order valence-corrected chi connectivity index (χ3v) is 4.47. The minimum absolute atomic E-state index is 0.214. The van der Waals surface area contributed by atoms with Gasteiger partial charge in [-0.05, 0) is 56.0 Å². The number of ether oxygens (including phenoxy) is 1. The molecule has 23 heavy (non-hydrogen) atoms. The highest BCUT2D eigenvalue weighted by atomic mass is 16.5. The van der Waals surface area contributed by atoms with Crippen LogP contribution < -0.4 is 11.1 Å². The highest BCUT2D eigenvalue weighted by Gasteiger charge is 2.16. The Morgan fingerprint density at radius 2 is 2.17 bits per heavy atom. The lowest BCUT2D eigenvalue weighted by molar-refractivity contribution is -0.118. The Hall–Kier alpha value is -1.43. The average molecular weight is 319 g/mol. The Morgan fingerprint density at radius 3 is 2.87 bits per heavy atom. The summed E-state index contributed by atoms with van der Waals surface area (Å²) >= 11 is 0. The van der Waals surface area contributed by atoms with Gasteiger partial charge < -0.3 is 20.7 Å². The van der Waals surface area contributed by atoms with E-state index in [0.717, 1.165) is 24.6 Å². The van der Waals surface area contributed by atoms with Gasteiger partial charge in [-0.2, -0.15) is 0 Å². The van der Waals surface area contributed by atoms with E-state index in [9.17, 15) is 4.79 Å². The molecule has 1 aliphatic heterocycles. The summed E-state index contributed by atoms with van der Waals surface area (Å²) in [5.41, 5.74) is 7.77. The van der Waals surface area contributed by atoms with Crippen molar-refractivity contribution in [2.24, 2.45) is 11.7 Å². The predicted molar refractivity (Wildman–Crippen MR) is 93.5 cm³/mol. The van der Waals surface area contributed by atoms with E-state index in [1.54, 1.807) is 0 Å². The van der Waals surface area contributed by atoms with Gasteiger partial charge in [-0.15, -0.1) is 0 Å². The second kappa shape index (κ2) is 9.01. The summed E-state index contributed by atoms with van der Waals surface area (Å²) in [6.07, 6.45) is 3.60. The van der Waals surface area contributed by atoms with Crippen LogP contribution in [0.4, 0.5) is 5.69 Å². The van der Waals surface area contributed by atoms with E-state index in [2.05, 4.69) is 23.2 Å². The number of anilines is 1. The van der Waals surface area contributed by atoms with Crippen molar-refractivity contribution in [2.75, 3.05) is 38.7 Å². The fourth-order valence-corrected chi connectivity index (χ4v) is 2.87. The topological polar surface area (TPSA) is 67.6 Å². The van der Waals surface area contributed by atoms with Crippen molar-refractivity contribution in [3.63, 3.8) is 0 Å². The molecule has 128 valence electrons. The number of carbonyl (C=O) groups is 1. The van der Waals surface area contributed by atoms with E-state index in [1.807, 2.05) is 18.2 Å². The zero-order valence-corrected chi connectivity index (χ0v) is 14.3. The maximum atomic E-state index is 11.9. The maximum Gasteiger partial charge on any atom is 0.243 e. The summed E-state index contributed by atoms with van der Waals surface area (Å²) in [4.78, 5) is 14.5. The molecule has 0 radical (unpaired) electrons. The highest BCUT2D eigenvalue weighted by molar-refractivity contribution is 5.94. The second-order valence-electron chi connectivity index (χ2n) is 6.53. The van der Waals surface area contributed by atoms with E-state index in [1.165, 1.54) is 38.6 Å². The number of nitrogens with one attached hydrogen (secondary N) is 1. The minimum Gasteiger partial charge on any atom is -0.383 e. The van der Waals surface area contributed by atoms with Gasteiger partial charge in [0, 0.05) is 19.3 Å². The molecule has 0 saturated carbocycles. The summed E-state index contributed by atoms with van der Waals surface area (Å²) in [6.45, 7) is 6.02. The highest BCUT2D eigenvalue weighted by Crippen LogP contribution is 2.17. The van der Waals surface area contributed by atoms with Crippen molar-refractivity contribution < 1.29 is 9.53 Å². The third-order valence-electron chi connectivity index (χ3n) is 4.47. The normalized spacial score (nSPS) is 17.9. The molecule has 1 atom stereocenters. The van der Waals surface area contributed by atoms with Crippen LogP contribution in [0.1, 0.15) is 25.3 Å². The van der Waals surface area contributed by atoms with Crippen molar-refractivity contribution in [1.82, 2.24) is 4.90 Å². The molecule has 0 spiro atoms. The van der Waals surface area contributed by atoms with Gasteiger partial charge in [0.15, 0.2) is 0 Å². The van der Waals surface area contributed by atoms with Crippen LogP contribution in [0.2, 0.25) is 0 Å². The van der Waals surface area contributed by atoms with Gasteiger partial charge in [-0.3, -0.25) is 4.79 Å². The number of amides is 1. The van der Waals surface area contributed by atoms with Crippen molar-refractivity contribution in [2.45, 2.75) is 32.2 Å². The van der Waals surface area contributed by atoms with Crippen molar-refractivity contribution in [3.05, 3.63) is 29.8 Å². The summed E-state index contributed by atoms with van der Waals surface area (Å²) in [5, 5.41) is 2.85. The lowest BCUT2D eigenvalue weighted by Crippen LogP contribution is -2.39. The minimum atomic E-state index is -0.640. The average Bonchev–Trinajstić information content (AvgIpc) is 2.55. The van der Waals surface area contributed by atoms with E-state index < -0.39 is 6.04 Å². The lowest BCUT2D eigenvalue weighted by atomic mass is 9.99. The number of rotatable bonds is 7. The molecule has 1 fully saturated rings. The lowest BCUT2D eigenvalue weighted by Gasteiger charge is -2.30. The zero-order valence-electron chi connectivity index (χ0n) is 14.3. The number of benzene rings is 1. The van der Waals surface area contributed by atoms with Crippen molar-refractivity contribution in [1.29, 1.82) is 0 Å². The van der Waals surface area contributed by atoms with E-state index in [4.69, 9.17) is 10.5 Å². The van der Waals surface area contributed by atoms with Gasteiger partial charge in [0.25, 0.3) is 0 Å². The number of methoxy groups -OCH3 is 1. The first kappa shape index (κ1) is 17.9. The zero-order chi connectivity index (χ0) is 16.7. The van der Waals surface area contributed by atoms with E-state index >= 15 is 0 Å². The first-order chi connectivity index (χ1) is 11.1. The summed E-state index contributed by atoms with van der Waals surface area (Å²) in [5.74, 6) is 0.648. The van der Waals surface area contributed by atoms with Crippen LogP contribution in [0.5, 0.6) is 0 Å². The molecule has 1 saturated heterocycles. The molecule has 0 aliphatic carbocycles. The number of carbonyl (C=O) groups excluding carboxylic acids is 1. The van der Waals surface area contributed by atoms with Crippen LogP contribution in [0.25, 0.3) is 0 Å². The Morgan fingerprint density at radius 1 is 1.43 bits per heavy atom. The Kier molecular flexibility index (Phi) is 7.02. The Balaban J connectivity index is 1.83. The molecule has 3 N–H and O–H groups in total. The number of piperidine rings is 1. The van der Waals surface area contributed by atoms with Crippen molar-refractivity contribution >= 4 is 11.6 Å². The molecule has 0 aromatic heterocycles. The smallest absolute Gasteiger partial charge is 0.243 e. The summed E-state index contributed by atoms with van der Waals surface area (Å²) in [7, 11) is 1.54. The standard InChI is InChI=1S/C18H29N3O2/c1-14-6-9-21(10-7-14)11-8-15-4-3-5-16(12-15)20-18(22)17(19)13-23-2/h3-5,12,14,17H,6-11,13,19H2,1-2H3,(H,20,22). The monoisotopic (exact) mass is 319 g/mol. The first-order valence-electron chi connectivity index (χ1n) is 8.45. The quantitative estimate of drug-likeness (QED) is 0.805. The SMILES string of the molecule is COCC(N)C(=O)Nc1cccc(CCN2CCC(C)CC2)c1. The first-order valence-corrected chi connectivity index (χ1v) is 8.45. The molecule has 1 heterocycles. The number of hydrogen-bond acceptors (Lipinski definition) is 4. The van der Waals surface area contributed by atoms with E-state index in [0.29, 0.717) is 0 Å². The number of nitrogens with two attached hydrogens (primary N) is 1. The van der Waals surface area contributed by atoms with Gasteiger partial charge >= 0.3 is 0 Å². The number of hydrogen-bond donors (Lipinski definition) is 2. The van der Waals surface area contributed by atoms with Gasteiger partial charge in [0.2, 0.25) is 5.91 Å². The molecule has 0 bridgehead atoms. The summed E-state index contributed by atoms with van der Waals surface area (Å²) in [6, 6.07) is 7.37. The number of nitrogens with zero attached hydrogens (tertiary/aromatic N) is 1. The van der Waals surface area contributed by atoms with Gasteiger partial charge in [-0.1, -0.05) is 19.1 Å². The van der Waals surface area contributed by atoms with Gasteiger partial charge in [0.1, 0.15) is 6.04 Å². The maximum absolute atomic E-state index is 11.9. The third kappa shape index (κ3) is 5.94.